The van der Waals surface area contributed by atoms with Crippen LogP contribution in [0.3, 0.4) is 0 Å². The third-order valence-corrected chi connectivity index (χ3v) is 3.06. The summed E-state index contributed by atoms with van der Waals surface area (Å²) in [5.74, 6) is -2.48. The van der Waals surface area contributed by atoms with Gasteiger partial charge in [-0.1, -0.05) is 12.1 Å². The molecule has 0 amide bonds. The van der Waals surface area contributed by atoms with Gasteiger partial charge >= 0.3 is 5.97 Å². The maximum Gasteiger partial charge on any atom is 0.338 e. The van der Waals surface area contributed by atoms with Gasteiger partial charge in [0.15, 0.2) is 0 Å². The van der Waals surface area contributed by atoms with E-state index in [0.717, 1.165) is 6.07 Å². The van der Waals surface area contributed by atoms with Crippen molar-refractivity contribution in [3.8, 4) is 11.1 Å². The minimum Gasteiger partial charge on any atom is -0.478 e. The lowest BCUT2D eigenvalue weighted by Gasteiger charge is -2.15. The molecular formula is C16H15F2NO2. The Hall–Kier alpha value is -2.27. The van der Waals surface area contributed by atoms with E-state index in [1.807, 2.05) is 19.0 Å². The Morgan fingerprint density at radius 2 is 1.86 bits per heavy atom. The summed E-state index contributed by atoms with van der Waals surface area (Å²) < 4.78 is 27.2. The van der Waals surface area contributed by atoms with Gasteiger partial charge in [0.05, 0.1) is 5.56 Å². The van der Waals surface area contributed by atoms with Gasteiger partial charge in [-0.3, -0.25) is 0 Å². The van der Waals surface area contributed by atoms with Crippen LogP contribution in [0.2, 0.25) is 0 Å². The highest BCUT2D eigenvalue weighted by atomic mass is 19.1. The molecule has 0 radical (unpaired) electrons. The molecule has 0 saturated carbocycles. The van der Waals surface area contributed by atoms with Gasteiger partial charge < -0.3 is 10.0 Å². The first kappa shape index (κ1) is 15.1. The number of hydrogen-bond donors (Lipinski definition) is 1. The van der Waals surface area contributed by atoms with E-state index in [2.05, 4.69) is 0 Å². The second kappa shape index (κ2) is 6.01. The van der Waals surface area contributed by atoms with E-state index < -0.39 is 11.8 Å². The lowest BCUT2D eigenvalue weighted by atomic mass is 9.98. The molecule has 3 nitrogen and oxygen atoms in total. The first-order valence-electron chi connectivity index (χ1n) is 6.35. The van der Waals surface area contributed by atoms with E-state index in [9.17, 15) is 13.6 Å². The van der Waals surface area contributed by atoms with Crippen LogP contribution in [0.25, 0.3) is 11.1 Å². The largest absolute Gasteiger partial charge is 0.478 e. The van der Waals surface area contributed by atoms with Crippen molar-refractivity contribution in [2.75, 3.05) is 14.1 Å². The number of aromatic carboxylic acids is 1. The van der Waals surface area contributed by atoms with Crippen LogP contribution < -0.4 is 0 Å². The minimum absolute atomic E-state index is 0.363. The summed E-state index contributed by atoms with van der Waals surface area (Å²) in [7, 11) is 3.70. The molecule has 2 rings (SSSR count). The maximum absolute atomic E-state index is 13.8. The summed E-state index contributed by atoms with van der Waals surface area (Å²) in [5.41, 5.74) is 1.53. The third-order valence-electron chi connectivity index (χ3n) is 3.06. The molecule has 0 heterocycles. The van der Waals surface area contributed by atoms with Crippen molar-refractivity contribution in [3.05, 3.63) is 59.2 Å². The third kappa shape index (κ3) is 3.44. The van der Waals surface area contributed by atoms with E-state index >= 15 is 0 Å². The fourth-order valence-corrected chi connectivity index (χ4v) is 2.17. The first-order valence-corrected chi connectivity index (χ1v) is 6.35. The summed E-state index contributed by atoms with van der Waals surface area (Å²) in [6, 6.07) is 8.18. The molecular weight excluding hydrogens is 276 g/mol. The molecule has 0 aliphatic heterocycles. The number of rotatable bonds is 4. The predicted molar refractivity (Wildman–Crippen MR) is 76.1 cm³/mol. The highest BCUT2D eigenvalue weighted by Crippen LogP contribution is 2.27. The molecule has 1 N–H and O–H groups in total. The highest BCUT2D eigenvalue weighted by molar-refractivity contribution is 5.88. The van der Waals surface area contributed by atoms with Crippen LogP contribution >= 0.6 is 0 Å². The summed E-state index contributed by atoms with van der Waals surface area (Å²) in [5, 5.41) is 8.84. The zero-order chi connectivity index (χ0) is 15.6. The second-order valence-electron chi connectivity index (χ2n) is 5.04. The smallest absolute Gasteiger partial charge is 0.338 e. The van der Waals surface area contributed by atoms with Gasteiger partial charge in [-0.2, -0.15) is 0 Å². The van der Waals surface area contributed by atoms with Crippen LogP contribution in [0.4, 0.5) is 8.78 Å². The maximum atomic E-state index is 13.8. The number of hydrogen-bond acceptors (Lipinski definition) is 2. The molecule has 0 aliphatic carbocycles. The minimum atomic E-state index is -1.31. The molecule has 21 heavy (non-hydrogen) atoms. The Kier molecular flexibility index (Phi) is 4.33. The summed E-state index contributed by atoms with van der Waals surface area (Å²) in [6.45, 7) is 0.495. The van der Waals surface area contributed by atoms with E-state index in [1.165, 1.54) is 24.3 Å². The first-order chi connectivity index (χ1) is 9.88. The van der Waals surface area contributed by atoms with Crippen LogP contribution in [0, 0.1) is 11.6 Å². The average molecular weight is 291 g/mol. The fraction of sp³-hybridized carbons (Fsp3) is 0.188. The molecule has 0 bridgehead atoms. The van der Waals surface area contributed by atoms with E-state index in [4.69, 9.17) is 5.11 Å². The van der Waals surface area contributed by atoms with Crippen LogP contribution in [-0.4, -0.2) is 30.1 Å². The molecule has 110 valence electrons. The molecule has 0 unspecified atom stereocenters. The normalized spacial score (nSPS) is 10.9. The SMILES string of the molecule is CN(C)Cc1cc(F)ccc1-c1ccc(C(=O)O)c(F)c1. The standard InChI is InChI=1S/C16H15F2NO2/c1-19(2)9-11-7-12(17)4-6-13(11)10-3-5-14(16(20)21)15(18)8-10/h3-8H,9H2,1-2H3,(H,20,21). The van der Waals surface area contributed by atoms with Crippen molar-refractivity contribution in [3.63, 3.8) is 0 Å². The van der Waals surface area contributed by atoms with Crippen molar-refractivity contribution in [1.82, 2.24) is 4.90 Å². The Bertz CT molecular complexity index is 684. The lowest BCUT2D eigenvalue weighted by Crippen LogP contribution is -2.12. The topological polar surface area (TPSA) is 40.5 Å². The van der Waals surface area contributed by atoms with E-state index in [0.29, 0.717) is 23.2 Å². The summed E-state index contributed by atoms with van der Waals surface area (Å²) in [6.07, 6.45) is 0. The van der Waals surface area contributed by atoms with Crippen molar-refractivity contribution in [2.24, 2.45) is 0 Å². The van der Waals surface area contributed by atoms with Crippen molar-refractivity contribution in [2.45, 2.75) is 6.54 Å². The van der Waals surface area contributed by atoms with Crippen LogP contribution in [0.1, 0.15) is 15.9 Å². The van der Waals surface area contributed by atoms with E-state index in [-0.39, 0.29) is 11.4 Å². The lowest BCUT2D eigenvalue weighted by molar-refractivity contribution is 0.0692. The molecule has 0 saturated heterocycles. The predicted octanol–water partition coefficient (Wildman–Crippen LogP) is 3.39. The van der Waals surface area contributed by atoms with Gasteiger partial charge in [0.25, 0.3) is 0 Å². The Balaban J connectivity index is 2.51. The second-order valence-corrected chi connectivity index (χ2v) is 5.04. The molecule has 2 aromatic rings. The fourth-order valence-electron chi connectivity index (χ4n) is 2.17. The summed E-state index contributed by atoms with van der Waals surface area (Å²) >= 11 is 0. The number of benzene rings is 2. The highest BCUT2D eigenvalue weighted by Gasteiger charge is 2.13. The van der Waals surface area contributed by atoms with Crippen LogP contribution in [0.5, 0.6) is 0 Å². The average Bonchev–Trinajstić information content (AvgIpc) is 2.37. The van der Waals surface area contributed by atoms with Gasteiger partial charge in [-0.05, 0) is 55.1 Å². The molecule has 0 aromatic heterocycles. The Morgan fingerprint density at radius 1 is 1.14 bits per heavy atom. The molecule has 0 aliphatic rings. The van der Waals surface area contributed by atoms with Gasteiger partial charge in [0, 0.05) is 6.54 Å². The monoisotopic (exact) mass is 291 g/mol. The van der Waals surface area contributed by atoms with Gasteiger partial charge in [-0.25, -0.2) is 13.6 Å². The molecule has 0 atom stereocenters. The summed E-state index contributed by atoms with van der Waals surface area (Å²) in [4.78, 5) is 12.7. The van der Waals surface area contributed by atoms with Gasteiger partial charge in [0.2, 0.25) is 0 Å². The number of nitrogens with zero attached hydrogens (tertiary/aromatic N) is 1. The zero-order valence-corrected chi connectivity index (χ0v) is 11.7. The van der Waals surface area contributed by atoms with Crippen molar-refractivity contribution < 1.29 is 18.7 Å². The van der Waals surface area contributed by atoms with Crippen molar-refractivity contribution in [1.29, 1.82) is 0 Å². The quantitative estimate of drug-likeness (QED) is 0.938. The Morgan fingerprint density at radius 3 is 2.43 bits per heavy atom. The van der Waals surface area contributed by atoms with Gasteiger partial charge in [-0.15, -0.1) is 0 Å². The number of halogens is 2. The Labute approximate surface area is 121 Å². The molecule has 2 aromatic carbocycles. The number of carboxylic acid groups (broad SMARTS) is 1. The zero-order valence-electron chi connectivity index (χ0n) is 11.7. The number of carboxylic acids is 1. The van der Waals surface area contributed by atoms with Gasteiger partial charge in [0.1, 0.15) is 11.6 Å². The molecule has 0 spiro atoms. The van der Waals surface area contributed by atoms with Crippen molar-refractivity contribution >= 4 is 5.97 Å². The number of carbonyl (C=O) groups is 1. The van der Waals surface area contributed by atoms with Crippen LogP contribution in [-0.2, 0) is 6.54 Å². The van der Waals surface area contributed by atoms with E-state index in [1.54, 1.807) is 6.07 Å². The molecule has 0 fully saturated rings. The van der Waals surface area contributed by atoms with Crippen LogP contribution in [0.15, 0.2) is 36.4 Å². The molecule has 5 heteroatoms.